The van der Waals surface area contributed by atoms with E-state index in [0.717, 1.165) is 17.8 Å². The number of anilines is 3. The maximum Gasteiger partial charge on any atom is 0.0468 e. The van der Waals surface area contributed by atoms with Gasteiger partial charge in [0.2, 0.25) is 0 Å². The third-order valence-corrected chi connectivity index (χ3v) is 14.6. The van der Waals surface area contributed by atoms with Crippen molar-refractivity contribution in [3.8, 4) is 11.1 Å². The monoisotopic (exact) mass is 667 g/mol. The van der Waals surface area contributed by atoms with Crippen LogP contribution in [0.15, 0.2) is 121 Å². The maximum atomic E-state index is 2.53. The highest BCUT2D eigenvalue weighted by molar-refractivity contribution is 5.86. The van der Waals surface area contributed by atoms with Crippen LogP contribution >= 0.6 is 0 Å². The Bertz CT molecular complexity index is 2010. The Morgan fingerprint density at radius 1 is 0.471 bits per heavy atom. The Balaban J connectivity index is 1.07. The minimum Gasteiger partial charge on any atom is -0.310 e. The molecule has 5 aromatic rings. The largest absolute Gasteiger partial charge is 0.310 e. The summed E-state index contributed by atoms with van der Waals surface area (Å²) in [6.07, 6.45) is 16.4. The Kier molecular flexibility index (Phi) is 7.43. The van der Waals surface area contributed by atoms with E-state index in [1.807, 2.05) is 0 Å². The maximum absolute atomic E-state index is 2.53. The molecule has 6 aliphatic carbocycles. The van der Waals surface area contributed by atoms with Gasteiger partial charge in [-0.25, -0.2) is 0 Å². The van der Waals surface area contributed by atoms with E-state index in [1.165, 1.54) is 127 Å². The van der Waals surface area contributed by atoms with Crippen molar-refractivity contribution in [3.05, 3.63) is 149 Å². The van der Waals surface area contributed by atoms with Crippen molar-refractivity contribution in [2.45, 2.75) is 107 Å². The molecule has 0 aliphatic heterocycles. The molecule has 11 rings (SSSR count). The van der Waals surface area contributed by atoms with Crippen LogP contribution in [0, 0.1) is 17.8 Å². The van der Waals surface area contributed by atoms with Crippen LogP contribution in [0.5, 0.6) is 0 Å². The molecule has 1 nitrogen and oxygen atoms in total. The molecule has 0 radical (unpaired) electrons. The Morgan fingerprint density at radius 3 is 1.61 bits per heavy atom. The fraction of sp³-hybridized carbons (Fsp3) is 0.400. The van der Waals surface area contributed by atoms with Crippen LogP contribution in [0.25, 0.3) is 11.1 Å². The van der Waals surface area contributed by atoms with Crippen LogP contribution in [-0.2, 0) is 16.2 Å². The van der Waals surface area contributed by atoms with Crippen molar-refractivity contribution in [2.75, 3.05) is 4.90 Å². The molecule has 51 heavy (non-hydrogen) atoms. The van der Waals surface area contributed by atoms with Crippen LogP contribution in [0.1, 0.15) is 119 Å². The van der Waals surface area contributed by atoms with E-state index in [0.29, 0.717) is 5.41 Å². The van der Waals surface area contributed by atoms with Crippen LogP contribution in [0.4, 0.5) is 17.1 Å². The molecule has 0 atom stereocenters. The SMILES string of the molecule is CC1(C)c2ccccc2-c2cc(N(c3ccc(C45CC6CC(CC(C6)C4)C5)cc3)c3ccc(C4(c5ccccc5)CCCCCC4)cc3)ccc21. The zero-order chi connectivity index (χ0) is 34.2. The summed E-state index contributed by atoms with van der Waals surface area (Å²) in [6, 6.07) is 47.4. The van der Waals surface area contributed by atoms with Crippen molar-refractivity contribution in [1.82, 2.24) is 0 Å². The average Bonchev–Trinajstić information content (AvgIpc) is 3.28. The Hall–Kier alpha value is -4.10. The number of nitrogens with zero attached hydrogens (tertiary/aromatic N) is 1. The van der Waals surface area contributed by atoms with E-state index in [9.17, 15) is 0 Å². The van der Waals surface area contributed by atoms with Gasteiger partial charge in [-0.3, -0.25) is 0 Å². The fourth-order valence-corrected chi connectivity index (χ4v) is 12.5. The molecule has 0 aromatic heterocycles. The summed E-state index contributed by atoms with van der Waals surface area (Å²) in [5, 5.41) is 0. The lowest BCUT2D eigenvalue weighted by atomic mass is 9.48. The van der Waals surface area contributed by atoms with Gasteiger partial charge in [-0.15, -0.1) is 0 Å². The van der Waals surface area contributed by atoms with Crippen molar-refractivity contribution in [1.29, 1.82) is 0 Å². The normalized spacial score (nSPS) is 26.7. The predicted molar refractivity (Wildman–Crippen MR) is 213 cm³/mol. The summed E-state index contributed by atoms with van der Waals surface area (Å²) >= 11 is 0. The summed E-state index contributed by atoms with van der Waals surface area (Å²) in [4.78, 5) is 2.53. The molecular weight excluding hydrogens is 615 g/mol. The van der Waals surface area contributed by atoms with Crippen molar-refractivity contribution >= 4 is 17.1 Å². The van der Waals surface area contributed by atoms with Crippen LogP contribution in [0.2, 0.25) is 0 Å². The minimum atomic E-state index is 0.000904. The van der Waals surface area contributed by atoms with Gasteiger partial charge >= 0.3 is 0 Å². The summed E-state index contributed by atoms with van der Waals surface area (Å²) < 4.78 is 0. The van der Waals surface area contributed by atoms with Gasteiger partial charge in [-0.1, -0.05) is 124 Å². The summed E-state index contributed by atoms with van der Waals surface area (Å²) in [5.41, 5.74) is 14.4. The van der Waals surface area contributed by atoms with Gasteiger partial charge in [0, 0.05) is 27.9 Å². The first-order valence-electron chi connectivity index (χ1n) is 20.2. The second-order valence-electron chi connectivity index (χ2n) is 17.9. The molecule has 0 spiro atoms. The van der Waals surface area contributed by atoms with Gasteiger partial charge in [-0.05, 0) is 150 Å². The average molecular weight is 668 g/mol. The molecule has 5 saturated carbocycles. The molecular formula is C50H53N. The second kappa shape index (κ2) is 12.0. The van der Waals surface area contributed by atoms with Crippen molar-refractivity contribution in [2.24, 2.45) is 17.8 Å². The standard InChI is InChI=1S/C50H53N/c1-48(2)46-15-9-8-14-44(46)45-31-43(24-25-47(45)48)51(41-20-16-38(17-21-41)49-32-35-28-36(33-49)30-37(29-35)34-49)42-22-18-40(19-23-42)50(26-10-3-4-11-27-50)39-12-6-5-7-13-39/h5-9,12-25,31,35-37H,3-4,10-11,26-30,32-34H2,1-2H3. The zero-order valence-corrected chi connectivity index (χ0v) is 30.7. The van der Waals surface area contributed by atoms with Gasteiger partial charge in [0.1, 0.15) is 0 Å². The van der Waals surface area contributed by atoms with E-state index in [2.05, 4.69) is 140 Å². The molecule has 5 aromatic carbocycles. The third kappa shape index (κ3) is 5.08. The lowest BCUT2D eigenvalue weighted by molar-refractivity contribution is -0.00518. The molecule has 6 aliphatic rings. The number of rotatable bonds is 6. The third-order valence-electron chi connectivity index (χ3n) is 14.6. The molecule has 0 amide bonds. The lowest BCUT2D eigenvalue weighted by Gasteiger charge is -2.57. The molecule has 0 saturated heterocycles. The van der Waals surface area contributed by atoms with Crippen LogP contribution < -0.4 is 4.90 Å². The van der Waals surface area contributed by atoms with Gasteiger partial charge in [-0.2, -0.15) is 0 Å². The first-order valence-corrected chi connectivity index (χ1v) is 20.2. The molecule has 258 valence electrons. The lowest BCUT2D eigenvalue weighted by Crippen LogP contribution is -2.48. The minimum absolute atomic E-state index is 0.000904. The van der Waals surface area contributed by atoms with Gasteiger partial charge < -0.3 is 4.90 Å². The van der Waals surface area contributed by atoms with Crippen LogP contribution in [-0.4, -0.2) is 0 Å². The van der Waals surface area contributed by atoms with Crippen LogP contribution in [0.3, 0.4) is 0 Å². The molecule has 0 heterocycles. The van der Waals surface area contributed by atoms with E-state index >= 15 is 0 Å². The topological polar surface area (TPSA) is 3.24 Å². The predicted octanol–water partition coefficient (Wildman–Crippen LogP) is 13.6. The quantitative estimate of drug-likeness (QED) is 0.163. The Morgan fingerprint density at radius 2 is 0.980 bits per heavy atom. The number of fused-ring (bicyclic) bond motifs is 3. The first kappa shape index (κ1) is 31.6. The van der Waals surface area contributed by atoms with E-state index in [1.54, 1.807) is 5.56 Å². The first-order chi connectivity index (χ1) is 24.9. The highest BCUT2D eigenvalue weighted by atomic mass is 15.1. The molecule has 0 unspecified atom stereocenters. The van der Waals surface area contributed by atoms with Gasteiger partial charge in [0.25, 0.3) is 0 Å². The highest BCUT2D eigenvalue weighted by Crippen LogP contribution is 2.61. The molecule has 0 N–H and O–H groups in total. The van der Waals surface area contributed by atoms with Crippen molar-refractivity contribution in [3.63, 3.8) is 0 Å². The van der Waals surface area contributed by atoms with E-state index < -0.39 is 0 Å². The molecule has 5 fully saturated rings. The Labute approximate surface area is 306 Å². The van der Waals surface area contributed by atoms with Crippen molar-refractivity contribution < 1.29 is 0 Å². The zero-order valence-electron chi connectivity index (χ0n) is 30.7. The van der Waals surface area contributed by atoms with Gasteiger partial charge in [0.05, 0.1) is 0 Å². The number of benzene rings is 5. The second-order valence-corrected chi connectivity index (χ2v) is 17.9. The summed E-state index contributed by atoms with van der Waals surface area (Å²) in [6.45, 7) is 4.76. The van der Waals surface area contributed by atoms with Gasteiger partial charge in [0.15, 0.2) is 0 Å². The number of hydrogen-bond donors (Lipinski definition) is 0. The highest BCUT2D eigenvalue weighted by Gasteiger charge is 2.51. The number of hydrogen-bond acceptors (Lipinski definition) is 1. The smallest absolute Gasteiger partial charge is 0.0468 e. The fourth-order valence-electron chi connectivity index (χ4n) is 12.5. The van der Waals surface area contributed by atoms with E-state index in [-0.39, 0.29) is 10.8 Å². The summed E-state index contributed by atoms with van der Waals surface area (Å²) in [5.74, 6) is 2.87. The van der Waals surface area contributed by atoms with E-state index in [4.69, 9.17) is 0 Å². The molecule has 4 bridgehead atoms. The molecule has 1 heteroatoms. The summed E-state index contributed by atoms with van der Waals surface area (Å²) in [7, 11) is 0.